The lowest BCUT2D eigenvalue weighted by Gasteiger charge is -2.45. The summed E-state index contributed by atoms with van der Waals surface area (Å²) in [6, 6.07) is 0.494. The molecule has 3 saturated heterocycles. The van der Waals surface area contributed by atoms with Crippen LogP contribution in [0, 0.1) is 5.92 Å². The van der Waals surface area contributed by atoms with Gasteiger partial charge in [0.25, 0.3) is 0 Å². The van der Waals surface area contributed by atoms with Crippen LogP contribution in [0.1, 0.15) is 39.0 Å². The first-order valence-corrected chi connectivity index (χ1v) is 9.65. The first-order valence-electron chi connectivity index (χ1n) is 8.50. The topological polar surface area (TPSA) is 39.7 Å². The molecular formula is C16H29NO3S. The third-order valence-corrected chi connectivity index (χ3v) is 6.09. The zero-order valence-corrected chi connectivity index (χ0v) is 14.0. The first kappa shape index (κ1) is 16.1. The third kappa shape index (κ3) is 4.14. The van der Waals surface area contributed by atoms with Gasteiger partial charge in [0.1, 0.15) is 0 Å². The fourth-order valence-electron chi connectivity index (χ4n) is 3.96. The van der Waals surface area contributed by atoms with Gasteiger partial charge in [0, 0.05) is 19.1 Å². The van der Waals surface area contributed by atoms with Gasteiger partial charge in [-0.05, 0) is 49.7 Å². The van der Waals surface area contributed by atoms with E-state index in [0.717, 1.165) is 32.8 Å². The van der Waals surface area contributed by atoms with Gasteiger partial charge in [-0.25, -0.2) is 0 Å². The van der Waals surface area contributed by atoms with Gasteiger partial charge in [-0.1, -0.05) is 6.92 Å². The highest BCUT2D eigenvalue weighted by atomic mass is 32.2. The molecule has 1 N–H and O–H groups in total. The minimum absolute atomic E-state index is 0.00486. The van der Waals surface area contributed by atoms with Crippen LogP contribution in [-0.2, 0) is 14.2 Å². The lowest BCUT2D eigenvalue weighted by Crippen LogP contribution is -2.49. The summed E-state index contributed by atoms with van der Waals surface area (Å²) in [6.45, 7) is 5.62. The van der Waals surface area contributed by atoms with E-state index in [1.54, 1.807) is 0 Å². The zero-order chi connectivity index (χ0) is 14.5. The second-order valence-corrected chi connectivity index (χ2v) is 7.69. The lowest BCUT2D eigenvalue weighted by molar-refractivity contribution is -0.115. The average Bonchev–Trinajstić information content (AvgIpc) is 3.01. The van der Waals surface area contributed by atoms with Gasteiger partial charge in [-0.3, -0.25) is 0 Å². The van der Waals surface area contributed by atoms with Crippen LogP contribution < -0.4 is 5.32 Å². The molecule has 122 valence electrons. The number of hydrogen-bond acceptors (Lipinski definition) is 5. The number of ether oxygens (including phenoxy) is 3. The fraction of sp³-hybridized carbons (Fsp3) is 1.00. The summed E-state index contributed by atoms with van der Waals surface area (Å²) < 4.78 is 17.6. The van der Waals surface area contributed by atoms with Crippen molar-refractivity contribution in [3.8, 4) is 0 Å². The largest absolute Gasteiger partial charge is 0.375 e. The highest BCUT2D eigenvalue weighted by Gasteiger charge is 2.41. The maximum absolute atomic E-state index is 6.23. The van der Waals surface area contributed by atoms with E-state index in [0.29, 0.717) is 12.0 Å². The maximum Gasteiger partial charge on any atom is 0.159 e. The van der Waals surface area contributed by atoms with Crippen molar-refractivity contribution in [2.45, 2.75) is 57.0 Å². The van der Waals surface area contributed by atoms with Crippen LogP contribution in [0.4, 0.5) is 0 Å². The Morgan fingerprint density at radius 1 is 1.19 bits per heavy atom. The van der Waals surface area contributed by atoms with Crippen molar-refractivity contribution >= 4 is 11.8 Å². The van der Waals surface area contributed by atoms with Gasteiger partial charge in [0.2, 0.25) is 0 Å². The molecule has 2 unspecified atom stereocenters. The second kappa shape index (κ2) is 7.64. The second-order valence-electron chi connectivity index (χ2n) is 6.47. The number of rotatable bonds is 5. The van der Waals surface area contributed by atoms with Crippen LogP contribution in [0.15, 0.2) is 0 Å². The van der Waals surface area contributed by atoms with E-state index in [1.165, 1.54) is 37.2 Å². The van der Waals surface area contributed by atoms with Crippen LogP contribution in [0.5, 0.6) is 0 Å². The number of nitrogens with one attached hydrogen (secondary N) is 1. The zero-order valence-electron chi connectivity index (χ0n) is 13.1. The Kier molecular flexibility index (Phi) is 5.85. The lowest BCUT2D eigenvalue weighted by atomic mass is 9.77. The van der Waals surface area contributed by atoms with Gasteiger partial charge < -0.3 is 19.5 Å². The summed E-state index contributed by atoms with van der Waals surface area (Å²) in [5.41, 5.74) is 0.166. The van der Waals surface area contributed by atoms with E-state index >= 15 is 0 Å². The molecule has 0 aromatic rings. The number of thioether (sulfide) groups is 1. The fourth-order valence-corrected chi connectivity index (χ4v) is 5.19. The molecule has 0 aromatic heterocycles. The van der Waals surface area contributed by atoms with Crippen LogP contribution in [-0.4, -0.2) is 55.8 Å². The Balaban J connectivity index is 1.60. The maximum atomic E-state index is 6.23. The predicted molar refractivity (Wildman–Crippen MR) is 85.7 cm³/mol. The molecule has 3 aliphatic rings. The summed E-state index contributed by atoms with van der Waals surface area (Å²) >= 11 is 2.07. The van der Waals surface area contributed by atoms with Crippen molar-refractivity contribution < 1.29 is 14.2 Å². The Bertz CT molecular complexity index is 311. The minimum atomic E-state index is -0.00486. The molecular weight excluding hydrogens is 286 g/mol. The van der Waals surface area contributed by atoms with Crippen molar-refractivity contribution in [1.82, 2.24) is 5.32 Å². The van der Waals surface area contributed by atoms with E-state index in [9.17, 15) is 0 Å². The highest BCUT2D eigenvalue weighted by molar-refractivity contribution is 7.99. The van der Waals surface area contributed by atoms with Crippen molar-refractivity contribution in [1.29, 1.82) is 0 Å². The molecule has 3 aliphatic heterocycles. The molecule has 2 atom stereocenters. The van der Waals surface area contributed by atoms with Gasteiger partial charge in [-0.2, -0.15) is 11.8 Å². The Hall–Kier alpha value is 0.190. The molecule has 0 bridgehead atoms. The Morgan fingerprint density at radius 2 is 1.95 bits per heavy atom. The number of hydrogen-bond donors (Lipinski definition) is 1. The molecule has 0 aromatic carbocycles. The molecule has 0 saturated carbocycles. The summed E-state index contributed by atoms with van der Waals surface area (Å²) in [4.78, 5) is 0. The smallest absolute Gasteiger partial charge is 0.159 e. The van der Waals surface area contributed by atoms with E-state index in [-0.39, 0.29) is 11.9 Å². The standard InChI is InChI=1S/C16H29NO3S/c1-2-17-14(11-15-18-7-8-19-15)13-3-6-20-16(12-13)4-9-21-10-5-16/h13-15,17H,2-12H2,1H3. The Labute approximate surface area is 132 Å². The molecule has 21 heavy (non-hydrogen) atoms. The van der Waals surface area contributed by atoms with Gasteiger partial charge in [-0.15, -0.1) is 0 Å². The molecule has 3 rings (SSSR count). The summed E-state index contributed by atoms with van der Waals surface area (Å²) in [7, 11) is 0. The van der Waals surface area contributed by atoms with Gasteiger partial charge >= 0.3 is 0 Å². The minimum Gasteiger partial charge on any atom is -0.375 e. The van der Waals surface area contributed by atoms with Gasteiger partial charge in [0.15, 0.2) is 6.29 Å². The average molecular weight is 315 g/mol. The van der Waals surface area contributed by atoms with Crippen LogP contribution in [0.3, 0.4) is 0 Å². The SMILES string of the molecule is CCNC(CC1OCCO1)C1CCOC2(CCSCC2)C1. The Morgan fingerprint density at radius 3 is 2.67 bits per heavy atom. The van der Waals surface area contributed by atoms with Crippen LogP contribution in [0.2, 0.25) is 0 Å². The molecule has 3 heterocycles. The molecule has 0 radical (unpaired) electrons. The van der Waals surface area contributed by atoms with Crippen molar-refractivity contribution in [3.05, 3.63) is 0 Å². The van der Waals surface area contributed by atoms with Crippen LogP contribution >= 0.6 is 11.8 Å². The highest BCUT2D eigenvalue weighted by Crippen LogP contribution is 2.41. The molecule has 3 fully saturated rings. The molecule has 4 nitrogen and oxygen atoms in total. The van der Waals surface area contributed by atoms with Crippen molar-refractivity contribution in [3.63, 3.8) is 0 Å². The van der Waals surface area contributed by atoms with Gasteiger partial charge in [0.05, 0.1) is 18.8 Å². The summed E-state index contributed by atoms with van der Waals surface area (Å²) in [5, 5.41) is 3.68. The summed E-state index contributed by atoms with van der Waals surface area (Å²) in [6.07, 6.45) is 5.79. The monoisotopic (exact) mass is 315 g/mol. The van der Waals surface area contributed by atoms with E-state index in [2.05, 4.69) is 24.0 Å². The summed E-state index contributed by atoms with van der Waals surface area (Å²) in [5.74, 6) is 3.20. The predicted octanol–water partition coefficient (Wildman–Crippen LogP) is 2.42. The van der Waals surface area contributed by atoms with Crippen LogP contribution in [0.25, 0.3) is 0 Å². The quantitative estimate of drug-likeness (QED) is 0.844. The normalized spacial score (nSPS) is 31.6. The van der Waals surface area contributed by atoms with E-state index < -0.39 is 0 Å². The molecule has 1 spiro atoms. The third-order valence-electron chi connectivity index (χ3n) is 5.11. The molecule has 5 heteroatoms. The van der Waals surface area contributed by atoms with Crippen molar-refractivity contribution in [2.75, 3.05) is 37.9 Å². The van der Waals surface area contributed by atoms with E-state index in [1.807, 2.05) is 0 Å². The first-order chi connectivity index (χ1) is 10.3. The molecule has 0 amide bonds. The van der Waals surface area contributed by atoms with Crippen molar-refractivity contribution in [2.24, 2.45) is 5.92 Å². The van der Waals surface area contributed by atoms with E-state index in [4.69, 9.17) is 14.2 Å². The molecule has 0 aliphatic carbocycles.